The molecule has 0 radical (unpaired) electrons. The van der Waals surface area contributed by atoms with Gasteiger partial charge in [-0.3, -0.25) is 14.9 Å². The summed E-state index contributed by atoms with van der Waals surface area (Å²) < 4.78 is 0. The molecule has 0 aromatic heterocycles. The van der Waals surface area contributed by atoms with Crippen LogP contribution in [0.4, 0.5) is 5.69 Å². The topological polar surface area (TPSA) is 124 Å². The summed E-state index contributed by atoms with van der Waals surface area (Å²) in [6.45, 7) is 2.92. The number of hydrogen-bond donors (Lipinski definition) is 3. The number of nitro groups is 1. The molecule has 0 fully saturated rings. The zero-order valence-electron chi connectivity index (χ0n) is 11.4. The monoisotopic (exact) mass is 280 g/mol. The molecule has 1 aromatic carbocycles. The number of nitrogens with one attached hydrogen (secondary N) is 1. The van der Waals surface area contributed by atoms with Gasteiger partial charge in [-0.05, 0) is 24.4 Å². The minimum Gasteiger partial charge on any atom is -0.354 e. The van der Waals surface area contributed by atoms with Crippen LogP contribution in [0.3, 0.4) is 0 Å². The average molecular weight is 280 g/mol. The van der Waals surface area contributed by atoms with E-state index in [1.54, 1.807) is 12.1 Å². The van der Waals surface area contributed by atoms with E-state index >= 15 is 0 Å². The molecule has 1 amide bonds. The zero-order valence-corrected chi connectivity index (χ0v) is 11.4. The largest absolute Gasteiger partial charge is 0.354 e. The van der Waals surface area contributed by atoms with Gasteiger partial charge in [-0.1, -0.05) is 19.1 Å². The maximum atomic E-state index is 11.8. The number of nitro benzene ring substituents is 1. The summed E-state index contributed by atoms with van der Waals surface area (Å²) in [6, 6.07) is 5.33. The highest BCUT2D eigenvalue weighted by Crippen LogP contribution is 2.12. The number of nitrogens with two attached hydrogens (primary N) is 2. The van der Waals surface area contributed by atoms with Gasteiger partial charge < -0.3 is 16.8 Å². The lowest BCUT2D eigenvalue weighted by Crippen LogP contribution is -2.44. The first-order valence-electron chi connectivity index (χ1n) is 6.40. The first-order valence-corrected chi connectivity index (χ1v) is 6.40. The Bertz CT molecular complexity index is 461. The molecule has 2 unspecified atom stereocenters. The number of rotatable bonds is 7. The number of carbonyl (C=O) groups is 1. The standard InChI is InChI=1S/C13H20N4O3/c1-9(7-14)8-16-13(18)12(15)6-10-2-4-11(5-3-10)17(19)20/h2-5,9,12H,6-8,14-15H2,1H3,(H,16,18). The van der Waals surface area contributed by atoms with Crippen LogP contribution in [-0.4, -0.2) is 30.0 Å². The van der Waals surface area contributed by atoms with Crippen LogP contribution in [-0.2, 0) is 11.2 Å². The van der Waals surface area contributed by atoms with Gasteiger partial charge in [0.05, 0.1) is 11.0 Å². The molecule has 1 rings (SSSR count). The Morgan fingerprint density at radius 2 is 2.00 bits per heavy atom. The predicted octanol–water partition coefficient (Wildman–Crippen LogP) is 0.176. The fourth-order valence-corrected chi connectivity index (χ4v) is 1.59. The van der Waals surface area contributed by atoms with Crippen molar-refractivity contribution >= 4 is 11.6 Å². The van der Waals surface area contributed by atoms with Gasteiger partial charge in [0.1, 0.15) is 0 Å². The van der Waals surface area contributed by atoms with E-state index in [4.69, 9.17) is 11.5 Å². The number of nitrogens with zero attached hydrogens (tertiary/aromatic N) is 1. The van der Waals surface area contributed by atoms with Crippen molar-refractivity contribution in [1.29, 1.82) is 0 Å². The van der Waals surface area contributed by atoms with Crippen LogP contribution in [0.5, 0.6) is 0 Å². The molecule has 0 aliphatic rings. The maximum absolute atomic E-state index is 11.8. The van der Waals surface area contributed by atoms with Crippen LogP contribution in [0.1, 0.15) is 12.5 Å². The quantitative estimate of drug-likeness (QED) is 0.485. The molecule has 0 spiro atoms. The van der Waals surface area contributed by atoms with Crippen LogP contribution in [0.25, 0.3) is 0 Å². The summed E-state index contributed by atoms with van der Waals surface area (Å²) in [7, 11) is 0. The van der Waals surface area contributed by atoms with Gasteiger partial charge in [-0.15, -0.1) is 0 Å². The second kappa shape index (κ2) is 7.56. The third-order valence-electron chi connectivity index (χ3n) is 2.97. The number of non-ortho nitro benzene ring substituents is 1. The Kier molecular flexibility index (Phi) is 6.08. The highest BCUT2D eigenvalue weighted by molar-refractivity contribution is 5.81. The van der Waals surface area contributed by atoms with E-state index < -0.39 is 11.0 Å². The van der Waals surface area contributed by atoms with Crippen molar-refractivity contribution in [2.75, 3.05) is 13.1 Å². The molecule has 0 heterocycles. The van der Waals surface area contributed by atoms with Crippen LogP contribution < -0.4 is 16.8 Å². The minimum absolute atomic E-state index is 0.0172. The second-order valence-electron chi connectivity index (χ2n) is 4.82. The Labute approximate surface area is 117 Å². The molecular formula is C13H20N4O3. The highest BCUT2D eigenvalue weighted by Gasteiger charge is 2.15. The third kappa shape index (κ3) is 4.94. The van der Waals surface area contributed by atoms with Gasteiger partial charge in [0.2, 0.25) is 5.91 Å². The highest BCUT2D eigenvalue weighted by atomic mass is 16.6. The van der Waals surface area contributed by atoms with Crippen molar-refractivity contribution in [3.8, 4) is 0 Å². The lowest BCUT2D eigenvalue weighted by Gasteiger charge is -2.14. The lowest BCUT2D eigenvalue weighted by atomic mass is 10.1. The molecule has 0 saturated carbocycles. The fraction of sp³-hybridized carbons (Fsp3) is 0.462. The number of benzene rings is 1. The molecule has 1 aromatic rings. The Morgan fingerprint density at radius 1 is 1.40 bits per heavy atom. The summed E-state index contributed by atoms with van der Waals surface area (Å²) in [4.78, 5) is 21.8. The third-order valence-corrected chi connectivity index (χ3v) is 2.97. The van der Waals surface area contributed by atoms with Crippen LogP contribution in [0, 0.1) is 16.0 Å². The Morgan fingerprint density at radius 3 is 2.50 bits per heavy atom. The molecular weight excluding hydrogens is 260 g/mol. The van der Waals surface area contributed by atoms with Crippen molar-refractivity contribution in [2.45, 2.75) is 19.4 Å². The second-order valence-corrected chi connectivity index (χ2v) is 4.82. The average Bonchev–Trinajstić information content (AvgIpc) is 2.44. The van der Waals surface area contributed by atoms with Gasteiger partial charge in [0.25, 0.3) is 5.69 Å². The molecule has 0 aliphatic carbocycles. The van der Waals surface area contributed by atoms with E-state index in [9.17, 15) is 14.9 Å². The molecule has 2 atom stereocenters. The van der Waals surface area contributed by atoms with Crippen molar-refractivity contribution < 1.29 is 9.72 Å². The molecule has 7 nitrogen and oxygen atoms in total. The molecule has 20 heavy (non-hydrogen) atoms. The minimum atomic E-state index is -0.679. The van der Waals surface area contributed by atoms with Crippen molar-refractivity contribution in [2.24, 2.45) is 17.4 Å². The molecule has 0 bridgehead atoms. The lowest BCUT2D eigenvalue weighted by molar-refractivity contribution is -0.384. The summed E-state index contributed by atoms with van der Waals surface area (Å²) in [5.41, 5.74) is 12.1. The zero-order chi connectivity index (χ0) is 15.1. The van der Waals surface area contributed by atoms with E-state index in [2.05, 4.69) is 5.32 Å². The van der Waals surface area contributed by atoms with Crippen molar-refractivity contribution in [3.63, 3.8) is 0 Å². The van der Waals surface area contributed by atoms with Gasteiger partial charge in [0.15, 0.2) is 0 Å². The smallest absolute Gasteiger partial charge is 0.269 e. The SMILES string of the molecule is CC(CN)CNC(=O)C(N)Cc1ccc([N+](=O)[O-])cc1. The number of amides is 1. The summed E-state index contributed by atoms with van der Waals surface area (Å²) in [5.74, 6) is -0.0471. The van der Waals surface area contributed by atoms with Gasteiger partial charge in [-0.25, -0.2) is 0 Å². The van der Waals surface area contributed by atoms with E-state index in [0.717, 1.165) is 5.56 Å². The molecule has 110 valence electrons. The normalized spacial score (nSPS) is 13.6. The molecule has 7 heteroatoms. The number of hydrogen-bond acceptors (Lipinski definition) is 5. The van der Waals surface area contributed by atoms with Gasteiger partial charge in [-0.2, -0.15) is 0 Å². The summed E-state index contributed by atoms with van der Waals surface area (Å²) in [6.07, 6.45) is 0.334. The Balaban J connectivity index is 2.50. The van der Waals surface area contributed by atoms with Crippen LogP contribution in [0.2, 0.25) is 0 Å². The van der Waals surface area contributed by atoms with E-state index in [0.29, 0.717) is 19.5 Å². The predicted molar refractivity (Wildman–Crippen MR) is 76.0 cm³/mol. The fourth-order valence-electron chi connectivity index (χ4n) is 1.59. The van der Waals surface area contributed by atoms with Crippen molar-refractivity contribution in [1.82, 2.24) is 5.32 Å². The molecule has 0 saturated heterocycles. The number of carbonyl (C=O) groups excluding carboxylic acids is 1. The first kappa shape index (κ1) is 16.1. The molecule has 0 aliphatic heterocycles. The Hall–Kier alpha value is -1.99. The van der Waals surface area contributed by atoms with Crippen LogP contribution in [0.15, 0.2) is 24.3 Å². The van der Waals surface area contributed by atoms with Gasteiger partial charge >= 0.3 is 0 Å². The van der Waals surface area contributed by atoms with E-state index in [1.165, 1.54) is 12.1 Å². The summed E-state index contributed by atoms with van der Waals surface area (Å²) >= 11 is 0. The maximum Gasteiger partial charge on any atom is 0.269 e. The first-order chi connectivity index (χ1) is 9.43. The molecule has 5 N–H and O–H groups in total. The van der Waals surface area contributed by atoms with Gasteiger partial charge in [0, 0.05) is 18.7 Å². The van der Waals surface area contributed by atoms with E-state index in [-0.39, 0.29) is 17.5 Å². The van der Waals surface area contributed by atoms with Crippen molar-refractivity contribution in [3.05, 3.63) is 39.9 Å². The van der Waals surface area contributed by atoms with Crippen LogP contribution >= 0.6 is 0 Å². The summed E-state index contributed by atoms with van der Waals surface area (Å²) in [5, 5.41) is 13.3. The van der Waals surface area contributed by atoms with E-state index in [1.807, 2.05) is 6.92 Å².